The van der Waals surface area contributed by atoms with Crippen molar-refractivity contribution >= 4 is 17.8 Å². The van der Waals surface area contributed by atoms with E-state index in [4.69, 9.17) is 9.84 Å². The summed E-state index contributed by atoms with van der Waals surface area (Å²) in [7, 11) is 0. The molecule has 80 valence electrons. The van der Waals surface area contributed by atoms with Crippen LogP contribution in [0, 0.1) is 0 Å². The first-order valence-corrected chi connectivity index (χ1v) is 4.45. The lowest BCUT2D eigenvalue weighted by Gasteiger charge is -2.37. The molecule has 1 amide bonds. The average molecular weight is 211 g/mol. The summed E-state index contributed by atoms with van der Waals surface area (Å²) in [4.78, 5) is 33.8. The number of nitrogens with zero attached hydrogens (tertiary/aromatic N) is 1. The lowest BCUT2D eigenvalue weighted by atomic mass is 10.0. The minimum Gasteiger partial charge on any atom is -0.477 e. The fourth-order valence-electron chi connectivity index (χ4n) is 1.84. The van der Waals surface area contributed by atoms with Gasteiger partial charge in [0.15, 0.2) is 0 Å². The summed E-state index contributed by atoms with van der Waals surface area (Å²) in [6, 6.07) is -0.326. The molecular formula is C9H9NO5. The second kappa shape index (κ2) is 3.08. The van der Waals surface area contributed by atoms with E-state index in [0.717, 1.165) is 4.90 Å². The van der Waals surface area contributed by atoms with Crippen LogP contribution >= 0.6 is 0 Å². The van der Waals surface area contributed by atoms with Gasteiger partial charge in [-0.25, -0.2) is 4.79 Å². The summed E-state index contributed by atoms with van der Waals surface area (Å²) in [6.45, 7) is 1.25. The molecule has 0 radical (unpaired) electrons. The van der Waals surface area contributed by atoms with Crippen LogP contribution in [-0.2, 0) is 19.1 Å². The van der Waals surface area contributed by atoms with Crippen molar-refractivity contribution in [2.24, 2.45) is 0 Å². The molecule has 0 aromatic heterocycles. The highest BCUT2D eigenvalue weighted by Crippen LogP contribution is 2.35. The highest BCUT2D eigenvalue weighted by atomic mass is 16.5. The van der Waals surface area contributed by atoms with Gasteiger partial charge in [0.2, 0.25) is 5.91 Å². The number of esters is 1. The summed E-state index contributed by atoms with van der Waals surface area (Å²) < 4.78 is 4.90. The maximum absolute atomic E-state index is 11.1. The molecule has 15 heavy (non-hydrogen) atoms. The molecule has 2 aliphatic heterocycles. The summed E-state index contributed by atoms with van der Waals surface area (Å²) in [6.07, 6.45) is 0.913. The lowest BCUT2D eigenvalue weighted by Crippen LogP contribution is -2.54. The van der Waals surface area contributed by atoms with E-state index in [-0.39, 0.29) is 24.1 Å². The smallest absolute Gasteiger partial charge is 0.352 e. The molecule has 6 heteroatoms. The van der Waals surface area contributed by atoms with Gasteiger partial charge in [0.05, 0.1) is 12.5 Å². The van der Waals surface area contributed by atoms with E-state index in [1.807, 2.05) is 0 Å². The van der Waals surface area contributed by atoms with Crippen LogP contribution in [0.3, 0.4) is 0 Å². The minimum absolute atomic E-state index is 0.0949. The molecule has 6 nitrogen and oxygen atoms in total. The maximum Gasteiger partial charge on any atom is 0.352 e. The van der Waals surface area contributed by atoms with E-state index in [0.29, 0.717) is 0 Å². The molecule has 2 aliphatic rings. The van der Waals surface area contributed by atoms with Gasteiger partial charge < -0.3 is 9.84 Å². The van der Waals surface area contributed by atoms with Gasteiger partial charge in [0, 0.05) is 6.92 Å². The Morgan fingerprint density at radius 2 is 2.27 bits per heavy atom. The monoisotopic (exact) mass is 211 g/mol. The second-order valence-electron chi connectivity index (χ2n) is 3.47. The Kier molecular flexibility index (Phi) is 1.99. The molecule has 1 fully saturated rings. The number of aliphatic carboxylic acids is 1. The number of carboxylic acid groups (broad SMARTS) is 1. The van der Waals surface area contributed by atoms with Crippen LogP contribution in [-0.4, -0.2) is 40.0 Å². The van der Waals surface area contributed by atoms with Crippen LogP contribution in [0.5, 0.6) is 0 Å². The lowest BCUT2D eigenvalue weighted by molar-refractivity contribution is -0.157. The van der Waals surface area contributed by atoms with Gasteiger partial charge >= 0.3 is 11.9 Å². The Morgan fingerprint density at radius 1 is 1.60 bits per heavy atom. The Balaban J connectivity index is 2.20. The Bertz CT molecular complexity index is 386. The van der Waals surface area contributed by atoms with E-state index in [2.05, 4.69) is 0 Å². The predicted octanol–water partition coefficient (Wildman–Crippen LogP) is -0.499. The van der Waals surface area contributed by atoms with E-state index in [1.54, 1.807) is 0 Å². The Morgan fingerprint density at radius 3 is 2.67 bits per heavy atom. The van der Waals surface area contributed by atoms with E-state index >= 15 is 0 Å². The molecule has 2 rings (SSSR count). The molecule has 1 unspecified atom stereocenters. The number of hydrogen-bond acceptors (Lipinski definition) is 4. The van der Waals surface area contributed by atoms with E-state index < -0.39 is 18.0 Å². The van der Waals surface area contributed by atoms with Crippen molar-refractivity contribution in [3.05, 3.63) is 11.8 Å². The first-order valence-electron chi connectivity index (χ1n) is 4.45. The third-order valence-corrected chi connectivity index (χ3v) is 2.47. The van der Waals surface area contributed by atoms with Crippen LogP contribution in [0.15, 0.2) is 11.8 Å². The number of rotatable bonds is 2. The van der Waals surface area contributed by atoms with Crippen LogP contribution in [0.1, 0.15) is 13.3 Å². The largest absolute Gasteiger partial charge is 0.477 e. The van der Waals surface area contributed by atoms with Crippen LogP contribution in [0.25, 0.3) is 0 Å². The van der Waals surface area contributed by atoms with Crippen molar-refractivity contribution in [1.29, 1.82) is 0 Å². The first-order chi connectivity index (χ1) is 7.00. The van der Waals surface area contributed by atoms with E-state index in [1.165, 1.54) is 13.0 Å². The molecule has 0 saturated carbocycles. The third kappa shape index (κ3) is 1.38. The number of hydrogen-bond donors (Lipinski definition) is 1. The highest BCUT2D eigenvalue weighted by molar-refractivity contribution is 5.97. The zero-order valence-corrected chi connectivity index (χ0v) is 7.97. The SMILES string of the molecule is CC(=O)OC1C=C(C(=O)O)N2C(=O)C[C@@H]12. The standard InChI is InChI=1S/C9H9NO5/c1-4(11)15-7-2-6(9(13)14)10-5(7)3-8(10)12/h2,5,7H,3H2,1H3,(H,13,14)/t5-,7?/m0/s1. The fraction of sp³-hybridized carbons (Fsp3) is 0.444. The zero-order valence-electron chi connectivity index (χ0n) is 7.97. The molecule has 2 heterocycles. The second-order valence-corrected chi connectivity index (χ2v) is 3.47. The number of carbonyl (C=O) groups is 3. The third-order valence-electron chi connectivity index (χ3n) is 2.47. The van der Waals surface area contributed by atoms with Crippen molar-refractivity contribution in [3.63, 3.8) is 0 Å². The Labute approximate surface area is 85.1 Å². The maximum atomic E-state index is 11.1. The molecular weight excluding hydrogens is 202 g/mol. The van der Waals surface area contributed by atoms with Crippen molar-refractivity contribution in [2.45, 2.75) is 25.5 Å². The van der Waals surface area contributed by atoms with Crippen LogP contribution in [0.2, 0.25) is 0 Å². The zero-order chi connectivity index (χ0) is 11.2. The average Bonchev–Trinajstić information content (AvgIpc) is 2.37. The number of fused-ring (bicyclic) bond motifs is 1. The number of carboxylic acids is 1. The normalized spacial score (nSPS) is 27.9. The summed E-state index contributed by atoms with van der Waals surface area (Å²) >= 11 is 0. The summed E-state index contributed by atoms with van der Waals surface area (Å²) in [5, 5.41) is 8.80. The molecule has 0 spiro atoms. The van der Waals surface area contributed by atoms with Gasteiger partial charge in [0.1, 0.15) is 11.8 Å². The molecule has 2 atom stereocenters. The van der Waals surface area contributed by atoms with Crippen molar-refractivity contribution < 1.29 is 24.2 Å². The van der Waals surface area contributed by atoms with Crippen LogP contribution in [0.4, 0.5) is 0 Å². The van der Waals surface area contributed by atoms with Gasteiger partial charge in [-0.2, -0.15) is 0 Å². The number of β-lactam (4-membered cyclic amide) rings is 1. The van der Waals surface area contributed by atoms with Crippen LogP contribution < -0.4 is 0 Å². The molecule has 1 saturated heterocycles. The van der Waals surface area contributed by atoms with Gasteiger partial charge in [-0.1, -0.05) is 0 Å². The van der Waals surface area contributed by atoms with Crippen molar-refractivity contribution in [2.75, 3.05) is 0 Å². The Hall–Kier alpha value is -1.85. The number of ether oxygens (including phenoxy) is 1. The summed E-state index contributed by atoms with van der Waals surface area (Å²) in [5.41, 5.74) is -0.0949. The molecule has 0 aliphatic carbocycles. The molecule has 0 aromatic carbocycles. The molecule has 0 bridgehead atoms. The summed E-state index contributed by atoms with van der Waals surface area (Å²) in [5.74, 6) is -1.91. The van der Waals surface area contributed by atoms with Crippen molar-refractivity contribution in [3.8, 4) is 0 Å². The van der Waals surface area contributed by atoms with Gasteiger partial charge in [-0.05, 0) is 6.08 Å². The van der Waals surface area contributed by atoms with E-state index in [9.17, 15) is 14.4 Å². The highest BCUT2D eigenvalue weighted by Gasteiger charge is 2.50. The van der Waals surface area contributed by atoms with Gasteiger partial charge in [-0.3, -0.25) is 14.5 Å². The van der Waals surface area contributed by atoms with Gasteiger partial charge in [-0.15, -0.1) is 0 Å². The number of carbonyl (C=O) groups excluding carboxylic acids is 2. The quantitative estimate of drug-likeness (QED) is 0.491. The minimum atomic E-state index is -1.18. The first kappa shape index (κ1) is 9.70. The molecule has 0 aromatic rings. The number of amides is 1. The molecule has 1 N–H and O–H groups in total. The van der Waals surface area contributed by atoms with Crippen molar-refractivity contribution in [1.82, 2.24) is 4.90 Å². The van der Waals surface area contributed by atoms with Gasteiger partial charge in [0.25, 0.3) is 0 Å². The predicted molar refractivity (Wildman–Crippen MR) is 46.5 cm³/mol. The fourth-order valence-corrected chi connectivity index (χ4v) is 1.84. The topological polar surface area (TPSA) is 83.9 Å².